The summed E-state index contributed by atoms with van der Waals surface area (Å²) in [5.74, 6) is 0. The summed E-state index contributed by atoms with van der Waals surface area (Å²) in [5.41, 5.74) is 21.9. The van der Waals surface area contributed by atoms with E-state index in [0.717, 1.165) is 56.5 Å². The van der Waals surface area contributed by atoms with Crippen molar-refractivity contribution in [2.24, 2.45) is 0 Å². The Morgan fingerprint density at radius 2 is 0.440 bits per heavy atom. The summed E-state index contributed by atoms with van der Waals surface area (Å²) >= 11 is 0. The molecular formula is C72H51N3. The molecule has 0 spiro atoms. The Morgan fingerprint density at radius 1 is 0.187 bits per heavy atom. The molecule has 0 aliphatic carbocycles. The van der Waals surface area contributed by atoms with E-state index >= 15 is 0 Å². The third kappa shape index (κ3) is 8.94. The van der Waals surface area contributed by atoms with Crippen LogP contribution in [0.15, 0.2) is 309 Å². The predicted molar refractivity (Wildman–Crippen MR) is 317 cm³/mol. The molecule has 0 atom stereocenters. The van der Waals surface area contributed by atoms with Crippen LogP contribution < -0.4 is 9.80 Å². The van der Waals surface area contributed by atoms with Gasteiger partial charge >= 0.3 is 0 Å². The Labute approximate surface area is 438 Å². The number of para-hydroxylation sites is 2. The van der Waals surface area contributed by atoms with Crippen LogP contribution in [0.4, 0.5) is 34.1 Å². The molecule has 0 amide bonds. The van der Waals surface area contributed by atoms with Gasteiger partial charge in [-0.3, -0.25) is 0 Å². The molecule has 0 saturated carbocycles. The highest BCUT2D eigenvalue weighted by Crippen LogP contribution is 2.41. The van der Waals surface area contributed by atoms with Crippen molar-refractivity contribution in [1.29, 1.82) is 0 Å². The van der Waals surface area contributed by atoms with Gasteiger partial charge in [0, 0.05) is 50.6 Å². The SMILES string of the molecule is c1ccc(-c2ccc(N(c3ccc(-c4ccccc4)cc3)c3ccc(-c4ccc(N(c5ccc(-c6ccccc6)cc5)c5ccc(-c6ccc7c8ccccc8n(-c8ccccc8)c7c6)cc5)cc4)cc3)cc2)cc1. The molecule has 0 unspecified atom stereocenters. The van der Waals surface area contributed by atoms with Crippen molar-refractivity contribution >= 4 is 55.9 Å². The zero-order valence-corrected chi connectivity index (χ0v) is 41.3. The van der Waals surface area contributed by atoms with E-state index in [9.17, 15) is 0 Å². The van der Waals surface area contributed by atoms with E-state index in [2.05, 4.69) is 324 Å². The van der Waals surface area contributed by atoms with Crippen LogP contribution in [0.1, 0.15) is 0 Å². The largest absolute Gasteiger partial charge is 0.311 e. The maximum absolute atomic E-state index is 2.38. The zero-order valence-electron chi connectivity index (χ0n) is 41.3. The number of aromatic nitrogens is 1. The van der Waals surface area contributed by atoms with Gasteiger partial charge in [0.05, 0.1) is 11.0 Å². The first-order valence-electron chi connectivity index (χ1n) is 25.6. The number of anilines is 6. The zero-order chi connectivity index (χ0) is 49.9. The average molecular weight is 958 g/mol. The van der Waals surface area contributed by atoms with Crippen molar-refractivity contribution in [2.45, 2.75) is 0 Å². The van der Waals surface area contributed by atoms with Crippen molar-refractivity contribution in [3.63, 3.8) is 0 Å². The van der Waals surface area contributed by atoms with Crippen LogP contribution in [0.3, 0.4) is 0 Å². The number of nitrogens with zero attached hydrogens (tertiary/aromatic N) is 3. The molecule has 0 aliphatic rings. The van der Waals surface area contributed by atoms with Crippen molar-refractivity contribution in [3.8, 4) is 61.3 Å². The minimum atomic E-state index is 1.08. The smallest absolute Gasteiger partial charge is 0.0547 e. The molecule has 13 aromatic rings. The molecule has 1 heterocycles. The molecule has 0 saturated heterocycles. The van der Waals surface area contributed by atoms with Crippen LogP contribution in [0.2, 0.25) is 0 Å². The molecule has 0 radical (unpaired) electrons. The lowest BCUT2D eigenvalue weighted by Gasteiger charge is -2.27. The first-order valence-corrected chi connectivity index (χ1v) is 25.6. The van der Waals surface area contributed by atoms with E-state index in [1.54, 1.807) is 0 Å². The topological polar surface area (TPSA) is 11.4 Å². The number of rotatable bonds is 12. The van der Waals surface area contributed by atoms with Gasteiger partial charge in [-0.1, -0.05) is 212 Å². The summed E-state index contributed by atoms with van der Waals surface area (Å²) in [6.07, 6.45) is 0. The van der Waals surface area contributed by atoms with Gasteiger partial charge in [-0.15, -0.1) is 0 Å². The Balaban J connectivity index is 0.824. The van der Waals surface area contributed by atoms with Crippen LogP contribution in [0.5, 0.6) is 0 Å². The lowest BCUT2D eigenvalue weighted by molar-refractivity contribution is 1.18. The predicted octanol–water partition coefficient (Wildman–Crippen LogP) is 20.1. The number of hydrogen-bond acceptors (Lipinski definition) is 2. The third-order valence-corrected chi connectivity index (χ3v) is 14.4. The quantitative estimate of drug-likeness (QED) is 0.121. The van der Waals surface area contributed by atoms with Crippen LogP contribution in [-0.2, 0) is 0 Å². The summed E-state index contributed by atoms with van der Waals surface area (Å²) in [7, 11) is 0. The Morgan fingerprint density at radius 3 is 0.787 bits per heavy atom. The number of hydrogen-bond donors (Lipinski definition) is 0. The maximum atomic E-state index is 2.38. The Kier molecular flexibility index (Phi) is 11.9. The van der Waals surface area contributed by atoms with E-state index in [4.69, 9.17) is 0 Å². The Hall–Kier alpha value is -9.96. The molecule has 0 bridgehead atoms. The van der Waals surface area contributed by atoms with Crippen LogP contribution in [0, 0.1) is 0 Å². The molecule has 3 nitrogen and oxygen atoms in total. The molecule has 0 fully saturated rings. The van der Waals surface area contributed by atoms with Gasteiger partial charge in [0.2, 0.25) is 0 Å². The molecule has 0 N–H and O–H groups in total. The molecule has 75 heavy (non-hydrogen) atoms. The minimum absolute atomic E-state index is 1.08. The summed E-state index contributed by atoms with van der Waals surface area (Å²) in [5, 5.41) is 2.50. The lowest BCUT2D eigenvalue weighted by atomic mass is 10.0. The molecular weight excluding hydrogens is 907 g/mol. The van der Waals surface area contributed by atoms with Gasteiger partial charge in [0.1, 0.15) is 0 Å². The molecule has 13 rings (SSSR count). The second-order valence-electron chi connectivity index (χ2n) is 19.0. The monoisotopic (exact) mass is 957 g/mol. The van der Waals surface area contributed by atoms with Gasteiger partial charge < -0.3 is 14.4 Å². The van der Waals surface area contributed by atoms with E-state index in [1.807, 2.05) is 0 Å². The fourth-order valence-corrected chi connectivity index (χ4v) is 10.6. The molecule has 0 aliphatic heterocycles. The van der Waals surface area contributed by atoms with Crippen molar-refractivity contribution in [3.05, 3.63) is 309 Å². The normalized spacial score (nSPS) is 11.2. The number of benzene rings is 12. The maximum Gasteiger partial charge on any atom is 0.0547 e. The van der Waals surface area contributed by atoms with Gasteiger partial charge in [-0.25, -0.2) is 0 Å². The minimum Gasteiger partial charge on any atom is -0.311 e. The summed E-state index contributed by atoms with van der Waals surface area (Å²) in [4.78, 5) is 4.69. The average Bonchev–Trinajstić information content (AvgIpc) is 3.85. The highest BCUT2D eigenvalue weighted by molar-refractivity contribution is 6.10. The highest BCUT2D eigenvalue weighted by atomic mass is 15.1. The fraction of sp³-hybridized carbons (Fsp3) is 0. The summed E-state index contributed by atoms with van der Waals surface area (Å²) in [6.45, 7) is 0. The summed E-state index contributed by atoms with van der Waals surface area (Å²) < 4.78 is 2.38. The van der Waals surface area contributed by atoms with E-state index in [0.29, 0.717) is 0 Å². The Bertz CT molecular complexity index is 3940. The van der Waals surface area contributed by atoms with E-state index in [-0.39, 0.29) is 0 Å². The first-order chi connectivity index (χ1) is 37.2. The van der Waals surface area contributed by atoms with Gasteiger partial charge in [0.15, 0.2) is 0 Å². The van der Waals surface area contributed by atoms with Gasteiger partial charge in [0.25, 0.3) is 0 Å². The fourth-order valence-electron chi connectivity index (χ4n) is 10.6. The van der Waals surface area contributed by atoms with Gasteiger partial charge in [-0.2, -0.15) is 0 Å². The standard InChI is InChI=1S/C72H51N3/c1-5-15-52(16-6-1)55-25-38-63(39-26-55)73(64-40-27-56(28-41-64)53-17-7-2-8-18-53)66-44-31-58(32-45-66)59-33-46-67(47-34-59)74(65-42-29-57(30-43-65)54-19-9-3-10-20-54)68-48-35-60(36-49-68)61-37-50-70-69-23-13-14-24-71(69)75(72(70)51-61)62-21-11-4-12-22-62/h1-51H. The second kappa shape index (κ2) is 19.9. The summed E-state index contributed by atoms with van der Waals surface area (Å²) in [6, 6.07) is 112. The van der Waals surface area contributed by atoms with Crippen LogP contribution in [0.25, 0.3) is 83.1 Å². The molecule has 354 valence electrons. The van der Waals surface area contributed by atoms with Crippen molar-refractivity contribution in [1.82, 2.24) is 4.57 Å². The molecule has 3 heteroatoms. The second-order valence-corrected chi connectivity index (χ2v) is 19.0. The van der Waals surface area contributed by atoms with Crippen LogP contribution in [-0.4, -0.2) is 4.57 Å². The van der Waals surface area contributed by atoms with E-state index in [1.165, 1.54) is 60.8 Å². The molecule has 12 aromatic carbocycles. The van der Waals surface area contributed by atoms with Crippen molar-refractivity contribution < 1.29 is 0 Å². The lowest BCUT2D eigenvalue weighted by Crippen LogP contribution is -2.10. The van der Waals surface area contributed by atoms with Crippen LogP contribution >= 0.6 is 0 Å². The first kappa shape index (κ1) is 44.9. The number of fused-ring (bicyclic) bond motifs is 3. The molecule has 1 aromatic heterocycles. The third-order valence-electron chi connectivity index (χ3n) is 14.4. The van der Waals surface area contributed by atoms with Crippen molar-refractivity contribution in [2.75, 3.05) is 9.80 Å². The van der Waals surface area contributed by atoms with E-state index < -0.39 is 0 Å². The van der Waals surface area contributed by atoms with Gasteiger partial charge in [-0.05, 0) is 153 Å². The highest BCUT2D eigenvalue weighted by Gasteiger charge is 2.18.